The highest BCUT2D eigenvalue weighted by atomic mass is 16.6. The molecule has 1 heterocycles. The zero-order valence-corrected chi connectivity index (χ0v) is 14.1. The molecule has 2 aromatic rings. The maximum absolute atomic E-state index is 11.9. The zero-order chi connectivity index (χ0) is 19.1. The molecule has 136 valence electrons. The van der Waals surface area contributed by atoms with Crippen LogP contribution in [0.1, 0.15) is 13.8 Å². The van der Waals surface area contributed by atoms with Crippen LogP contribution in [0.5, 0.6) is 0 Å². The Morgan fingerprint density at radius 3 is 2.42 bits per heavy atom. The van der Waals surface area contributed by atoms with Crippen molar-refractivity contribution in [2.24, 2.45) is 0 Å². The van der Waals surface area contributed by atoms with E-state index in [1.54, 1.807) is 13.8 Å². The number of nitro benzene ring substituents is 1. The SMILES string of the molecule is CCOC(=O)C(=CNc1ncnc2ccc([N+](=O)[O-])cc12)C(=O)OCC. The van der Waals surface area contributed by atoms with Crippen LogP contribution in [0.3, 0.4) is 0 Å². The van der Waals surface area contributed by atoms with E-state index in [4.69, 9.17) is 9.47 Å². The lowest BCUT2D eigenvalue weighted by Gasteiger charge is -2.08. The molecule has 1 N–H and O–H groups in total. The Kier molecular flexibility index (Phi) is 6.15. The molecule has 0 saturated carbocycles. The van der Waals surface area contributed by atoms with Gasteiger partial charge in [-0.3, -0.25) is 10.1 Å². The van der Waals surface area contributed by atoms with Gasteiger partial charge in [-0.1, -0.05) is 0 Å². The third-order valence-electron chi connectivity index (χ3n) is 3.17. The molecule has 0 aliphatic heterocycles. The van der Waals surface area contributed by atoms with Crippen LogP contribution >= 0.6 is 0 Å². The number of aromatic nitrogens is 2. The predicted molar refractivity (Wildman–Crippen MR) is 91.2 cm³/mol. The van der Waals surface area contributed by atoms with Gasteiger partial charge in [-0.2, -0.15) is 0 Å². The van der Waals surface area contributed by atoms with Crippen molar-refractivity contribution in [2.45, 2.75) is 13.8 Å². The lowest BCUT2D eigenvalue weighted by molar-refractivity contribution is -0.384. The van der Waals surface area contributed by atoms with Gasteiger partial charge in [0.15, 0.2) is 5.57 Å². The second-order valence-electron chi connectivity index (χ2n) is 4.82. The monoisotopic (exact) mass is 360 g/mol. The molecule has 10 heteroatoms. The van der Waals surface area contributed by atoms with Gasteiger partial charge < -0.3 is 14.8 Å². The van der Waals surface area contributed by atoms with Crippen molar-refractivity contribution in [1.29, 1.82) is 0 Å². The van der Waals surface area contributed by atoms with Crippen molar-refractivity contribution < 1.29 is 24.0 Å². The summed E-state index contributed by atoms with van der Waals surface area (Å²) in [5.74, 6) is -1.53. The summed E-state index contributed by atoms with van der Waals surface area (Å²) in [5.41, 5.74) is -0.0449. The molecular weight excluding hydrogens is 344 g/mol. The van der Waals surface area contributed by atoms with E-state index < -0.39 is 16.9 Å². The van der Waals surface area contributed by atoms with E-state index in [1.807, 2.05) is 0 Å². The number of hydrogen-bond donors (Lipinski definition) is 1. The molecule has 0 unspecified atom stereocenters. The minimum absolute atomic E-state index is 0.0816. The van der Waals surface area contributed by atoms with E-state index in [1.165, 1.54) is 24.5 Å². The summed E-state index contributed by atoms with van der Waals surface area (Å²) in [7, 11) is 0. The average Bonchev–Trinajstić information content (AvgIpc) is 2.62. The minimum Gasteiger partial charge on any atom is -0.462 e. The van der Waals surface area contributed by atoms with E-state index in [-0.39, 0.29) is 30.3 Å². The van der Waals surface area contributed by atoms with E-state index >= 15 is 0 Å². The van der Waals surface area contributed by atoms with Crippen molar-refractivity contribution in [1.82, 2.24) is 9.97 Å². The van der Waals surface area contributed by atoms with Crippen molar-refractivity contribution in [3.63, 3.8) is 0 Å². The maximum atomic E-state index is 11.9. The molecule has 0 aliphatic rings. The van der Waals surface area contributed by atoms with E-state index in [0.717, 1.165) is 6.20 Å². The molecule has 0 saturated heterocycles. The zero-order valence-electron chi connectivity index (χ0n) is 14.1. The summed E-state index contributed by atoms with van der Waals surface area (Å²) < 4.78 is 9.66. The average molecular weight is 360 g/mol. The van der Waals surface area contributed by atoms with Gasteiger partial charge in [0.2, 0.25) is 0 Å². The van der Waals surface area contributed by atoms with Crippen molar-refractivity contribution in [2.75, 3.05) is 18.5 Å². The van der Waals surface area contributed by atoms with Crippen LogP contribution in [0.4, 0.5) is 11.5 Å². The molecule has 1 aromatic heterocycles. The molecule has 0 amide bonds. The standard InChI is InChI=1S/C16H16N4O6/c1-3-25-15(21)12(16(22)26-4-2)8-17-14-11-7-10(20(23)24)5-6-13(11)18-9-19-14/h5-9H,3-4H2,1-2H3,(H,17,18,19). The number of hydrogen-bond acceptors (Lipinski definition) is 9. The van der Waals surface area contributed by atoms with Gasteiger partial charge in [-0.05, 0) is 19.9 Å². The normalized spacial score (nSPS) is 10.1. The number of fused-ring (bicyclic) bond motifs is 1. The highest BCUT2D eigenvalue weighted by Crippen LogP contribution is 2.24. The molecular formula is C16H16N4O6. The van der Waals surface area contributed by atoms with Gasteiger partial charge >= 0.3 is 11.9 Å². The first kappa shape index (κ1) is 18.8. The van der Waals surface area contributed by atoms with Crippen molar-refractivity contribution in [3.8, 4) is 0 Å². The Morgan fingerprint density at radius 1 is 1.19 bits per heavy atom. The van der Waals surface area contributed by atoms with Gasteiger partial charge in [-0.25, -0.2) is 19.6 Å². The Morgan fingerprint density at radius 2 is 1.85 bits per heavy atom. The van der Waals surface area contributed by atoms with Crippen LogP contribution in [0.25, 0.3) is 10.9 Å². The molecule has 2 rings (SSSR count). The Hall–Kier alpha value is -3.56. The molecule has 0 fully saturated rings. The number of nitro groups is 1. The Bertz CT molecular complexity index is 860. The largest absolute Gasteiger partial charge is 0.462 e. The number of non-ortho nitro benzene ring substituents is 1. The Balaban J connectivity index is 2.41. The van der Waals surface area contributed by atoms with Gasteiger partial charge in [0.25, 0.3) is 5.69 Å². The van der Waals surface area contributed by atoms with E-state index in [9.17, 15) is 19.7 Å². The van der Waals surface area contributed by atoms with E-state index in [0.29, 0.717) is 10.9 Å². The number of rotatable bonds is 7. The first-order valence-electron chi connectivity index (χ1n) is 7.68. The predicted octanol–water partition coefficient (Wildman–Crippen LogP) is 1.96. The fourth-order valence-corrected chi connectivity index (χ4v) is 2.03. The number of carbonyl (C=O) groups is 2. The van der Waals surface area contributed by atoms with Crippen LogP contribution < -0.4 is 5.32 Å². The molecule has 1 aromatic carbocycles. The number of esters is 2. The fourth-order valence-electron chi connectivity index (χ4n) is 2.03. The molecule has 0 bridgehead atoms. The lowest BCUT2D eigenvalue weighted by atomic mass is 10.2. The minimum atomic E-state index is -0.859. The molecule has 10 nitrogen and oxygen atoms in total. The second kappa shape index (κ2) is 8.51. The fraction of sp³-hybridized carbons (Fsp3) is 0.250. The summed E-state index contributed by atoms with van der Waals surface area (Å²) in [6.45, 7) is 3.37. The van der Waals surface area contributed by atoms with Gasteiger partial charge in [0.05, 0.1) is 23.7 Å². The third kappa shape index (κ3) is 4.29. The number of anilines is 1. The summed E-state index contributed by atoms with van der Waals surface area (Å²) in [6, 6.07) is 4.08. The summed E-state index contributed by atoms with van der Waals surface area (Å²) >= 11 is 0. The number of ether oxygens (including phenoxy) is 2. The van der Waals surface area contributed by atoms with Crippen LogP contribution in [0.15, 0.2) is 36.3 Å². The Labute approximate surface area is 148 Å². The number of nitrogens with zero attached hydrogens (tertiary/aromatic N) is 3. The molecule has 0 spiro atoms. The third-order valence-corrected chi connectivity index (χ3v) is 3.17. The van der Waals surface area contributed by atoms with Crippen LogP contribution in [0.2, 0.25) is 0 Å². The first-order chi connectivity index (χ1) is 12.5. The highest BCUT2D eigenvalue weighted by molar-refractivity contribution is 6.14. The number of carbonyl (C=O) groups excluding carboxylic acids is 2. The quantitative estimate of drug-likeness (QED) is 0.196. The molecule has 0 radical (unpaired) electrons. The topological polar surface area (TPSA) is 134 Å². The maximum Gasteiger partial charge on any atom is 0.347 e. The lowest BCUT2D eigenvalue weighted by Crippen LogP contribution is -2.19. The van der Waals surface area contributed by atoms with Gasteiger partial charge in [0.1, 0.15) is 12.1 Å². The summed E-state index contributed by atoms with van der Waals surface area (Å²) in [4.78, 5) is 42.3. The second-order valence-corrected chi connectivity index (χ2v) is 4.82. The van der Waals surface area contributed by atoms with Crippen molar-refractivity contribution in [3.05, 3.63) is 46.4 Å². The first-order valence-corrected chi connectivity index (χ1v) is 7.68. The van der Waals surface area contributed by atoms with Crippen molar-refractivity contribution >= 4 is 34.3 Å². The van der Waals surface area contributed by atoms with Crippen LogP contribution in [0, 0.1) is 10.1 Å². The molecule has 26 heavy (non-hydrogen) atoms. The smallest absolute Gasteiger partial charge is 0.347 e. The highest BCUT2D eigenvalue weighted by Gasteiger charge is 2.21. The summed E-state index contributed by atoms with van der Waals surface area (Å²) in [5, 5.41) is 14.0. The van der Waals surface area contributed by atoms with Crippen LogP contribution in [-0.2, 0) is 19.1 Å². The number of nitrogens with one attached hydrogen (secondary N) is 1. The van der Waals surface area contributed by atoms with Crippen LogP contribution in [-0.4, -0.2) is 40.0 Å². The molecule has 0 atom stereocenters. The van der Waals surface area contributed by atoms with Gasteiger partial charge in [0, 0.05) is 23.7 Å². The number of benzene rings is 1. The molecule has 0 aliphatic carbocycles. The van der Waals surface area contributed by atoms with Gasteiger partial charge in [-0.15, -0.1) is 0 Å². The summed E-state index contributed by atoms with van der Waals surface area (Å²) in [6.07, 6.45) is 2.34. The van der Waals surface area contributed by atoms with E-state index in [2.05, 4.69) is 15.3 Å².